The van der Waals surface area contributed by atoms with Gasteiger partial charge in [0.05, 0.1) is 0 Å². The zero-order chi connectivity index (χ0) is 10.8. The van der Waals surface area contributed by atoms with Gasteiger partial charge >= 0.3 is 0 Å². The average molecular weight is 214 g/mol. The number of allylic oxidation sites excluding steroid dienone is 3. The summed E-state index contributed by atoms with van der Waals surface area (Å²) in [5.41, 5.74) is 5.18. The molecule has 0 aromatic heterocycles. The van der Waals surface area contributed by atoms with Gasteiger partial charge < -0.3 is 0 Å². The standard InChI is InChI=1S/C16H22/c1-4-13(5-1)6-2-7-15-8-3-9-16(15)12-14-10-11-14/h6-7,12-15H,1,3-5,8-11H2. The summed E-state index contributed by atoms with van der Waals surface area (Å²) in [7, 11) is 0. The van der Waals surface area contributed by atoms with Crippen LogP contribution in [0.15, 0.2) is 29.5 Å². The van der Waals surface area contributed by atoms with Crippen molar-refractivity contribution in [1.29, 1.82) is 0 Å². The fraction of sp³-hybridized carbons (Fsp3) is 0.688. The van der Waals surface area contributed by atoms with Crippen LogP contribution in [0.3, 0.4) is 0 Å². The molecule has 0 amide bonds. The van der Waals surface area contributed by atoms with Crippen LogP contribution in [-0.4, -0.2) is 0 Å². The quantitative estimate of drug-likeness (QED) is 0.474. The molecule has 0 aromatic rings. The van der Waals surface area contributed by atoms with Crippen LogP contribution in [0, 0.1) is 17.8 Å². The van der Waals surface area contributed by atoms with Crippen LogP contribution in [-0.2, 0) is 0 Å². The summed E-state index contributed by atoms with van der Waals surface area (Å²) in [6.45, 7) is 0. The molecule has 86 valence electrons. The summed E-state index contributed by atoms with van der Waals surface area (Å²) in [5.74, 6) is 2.53. The van der Waals surface area contributed by atoms with Crippen LogP contribution in [0.1, 0.15) is 51.4 Å². The summed E-state index contributed by atoms with van der Waals surface area (Å²) in [4.78, 5) is 0. The molecule has 16 heavy (non-hydrogen) atoms. The highest BCUT2D eigenvalue weighted by Crippen LogP contribution is 2.38. The van der Waals surface area contributed by atoms with E-state index in [1.807, 2.05) is 0 Å². The molecule has 0 radical (unpaired) electrons. The topological polar surface area (TPSA) is 0 Å². The lowest BCUT2D eigenvalue weighted by atomic mass is 9.85. The van der Waals surface area contributed by atoms with Crippen LogP contribution in [0.4, 0.5) is 0 Å². The molecule has 0 nitrogen and oxygen atoms in total. The van der Waals surface area contributed by atoms with Crippen molar-refractivity contribution in [3.05, 3.63) is 29.5 Å². The Bertz CT molecular complexity index is 333. The summed E-state index contributed by atoms with van der Waals surface area (Å²) in [6, 6.07) is 0. The van der Waals surface area contributed by atoms with Crippen molar-refractivity contribution < 1.29 is 0 Å². The first kappa shape index (κ1) is 10.4. The normalized spacial score (nSPS) is 32.2. The molecule has 3 fully saturated rings. The van der Waals surface area contributed by atoms with E-state index in [2.05, 4.69) is 24.0 Å². The van der Waals surface area contributed by atoms with Crippen molar-refractivity contribution in [2.75, 3.05) is 0 Å². The minimum Gasteiger partial charge on any atom is -0.129 e. The molecule has 3 aliphatic carbocycles. The lowest BCUT2D eigenvalue weighted by molar-refractivity contribution is 0.388. The first-order chi connectivity index (χ1) is 7.92. The lowest BCUT2D eigenvalue weighted by Crippen LogP contribution is -2.06. The van der Waals surface area contributed by atoms with Gasteiger partial charge in [-0.1, -0.05) is 18.1 Å². The maximum absolute atomic E-state index is 3.46. The maximum Gasteiger partial charge on any atom is 0.00527 e. The predicted molar refractivity (Wildman–Crippen MR) is 68.1 cm³/mol. The Kier molecular flexibility index (Phi) is 3.02. The summed E-state index contributed by atoms with van der Waals surface area (Å²) in [5, 5.41) is 0. The van der Waals surface area contributed by atoms with E-state index < -0.39 is 0 Å². The van der Waals surface area contributed by atoms with E-state index in [4.69, 9.17) is 0 Å². The molecule has 3 rings (SSSR count). The molecule has 0 N–H and O–H groups in total. The fourth-order valence-corrected chi connectivity index (χ4v) is 2.77. The minimum atomic E-state index is 0.733. The Morgan fingerprint density at radius 1 is 0.875 bits per heavy atom. The van der Waals surface area contributed by atoms with Crippen molar-refractivity contribution >= 4 is 0 Å². The van der Waals surface area contributed by atoms with Gasteiger partial charge in [-0.15, -0.1) is 5.73 Å². The third kappa shape index (κ3) is 2.50. The maximum atomic E-state index is 3.46. The predicted octanol–water partition coefficient (Wildman–Crippen LogP) is 4.63. The monoisotopic (exact) mass is 214 g/mol. The molecule has 0 bridgehead atoms. The smallest absolute Gasteiger partial charge is 0.00527 e. The van der Waals surface area contributed by atoms with Crippen molar-refractivity contribution in [1.82, 2.24) is 0 Å². The lowest BCUT2D eigenvalue weighted by Gasteiger charge is -2.20. The van der Waals surface area contributed by atoms with Gasteiger partial charge in [-0.05, 0) is 68.9 Å². The van der Waals surface area contributed by atoms with E-state index in [0.29, 0.717) is 0 Å². The third-order valence-corrected chi connectivity index (χ3v) is 4.31. The van der Waals surface area contributed by atoms with Gasteiger partial charge in [0.2, 0.25) is 0 Å². The molecule has 3 saturated carbocycles. The van der Waals surface area contributed by atoms with Crippen molar-refractivity contribution in [2.45, 2.75) is 51.4 Å². The van der Waals surface area contributed by atoms with Crippen molar-refractivity contribution in [2.24, 2.45) is 17.8 Å². The molecule has 0 heteroatoms. The van der Waals surface area contributed by atoms with Gasteiger partial charge in [0.25, 0.3) is 0 Å². The van der Waals surface area contributed by atoms with Crippen LogP contribution in [0.2, 0.25) is 0 Å². The fourth-order valence-electron chi connectivity index (χ4n) is 2.77. The van der Waals surface area contributed by atoms with Crippen LogP contribution in [0.5, 0.6) is 0 Å². The molecule has 0 saturated heterocycles. The molecule has 1 atom stereocenters. The van der Waals surface area contributed by atoms with E-state index in [1.54, 1.807) is 5.57 Å². The molecule has 0 aromatic carbocycles. The second kappa shape index (κ2) is 4.63. The van der Waals surface area contributed by atoms with Gasteiger partial charge in [0.1, 0.15) is 0 Å². The number of rotatable bonds is 3. The largest absolute Gasteiger partial charge is 0.129 e. The Hall–Kier alpha value is -0.740. The summed E-state index contributed by atoms with van der Waals surface area (Å²) in [6.07, 6.45) is 18.5. The van der Waals surface area contributed by atoms with Crippen LogP contribution >= 0.6 is 0 Å². The highest BCUT2D eigenvalue weighted by Gasteiger charge is 2.24. The summed E-state index contributed by atoms with van der Waals surface area (Å²) >= 11 is 0. The van der Waals surface area contributed by atoms with Crippen LogP contribution < -0.4 is 0 Å². The summed E-state index contributed by atoms with van der Waals surface area (Å²) < 4.78 is 0. The second-order valence-corrected chi connectivity index (χ2v) is 5.77. The Morgan fingerprint density at radius 3 is 2.44 bits per heavy atom. The van der Waals surface area contributed by atoms with E-state index in [0.717, 1.165) is 17.8 Å². The third-order valence-electron chi connectivity index (χ3n) is 4.31. The van der Waals surface area contributed by atoms with Gasteiger partial charge in [0, 0.05) is 5.92 Å². The second-order valence-electron chi connectivity index (χ2n) is 5.77. The van der Waals surface area contributed by atoms with E-state index in [1.165, 1.54) is 51.4 Å². The molecular formula is C16H22. The van der Waals surface area contributed by atoms with Crippen LogP contribution in [0.25, 0.3) is 0 Å². The SMILES string of the molecule is C(=CC1CCC1)=CC1CCCC1=CC1CC1. The zero-order valence-electron chi connectivity index (χ0n) is 10.1. The molecule has 0 heterocycles. The molecule has 0 aliphatic heterocycles. The van der Waals surface area contributed by atoms with Gasteiger partial charge in [-0.2, -0.15) is 0 Å². The molecule has 1 unspecified atom stereocenters. The molecule has 3 aliphatic rings. The number of hydrogen-bond donors (Lipinski definition) is 0. The van der Waals surface area contributed by atoms with E-state index in [-0.39, 0.29) is 0 Å². The van der Waals surface area contributed by atoms with Gasteiger partial charge in [0.15, 0.2) is 0 Å². The van der Waals surface area contributed by atoms with Gasteiger partial charge in [-0.25, -0.2) is 0 Å². The Morgan fingerprint density at radius 2 is 1.75 bits per heavy atom. The Balaban J connectivity index is 1.61. The minimum absolute atomic E-state index is 0.733. The van der Waals surface area contributed by atoms with E-state index in [9.17, 15) is 0 Å². The number of hydrogen-bond acceptors (Lipinski definition) is 0. The highest BCUT2D eigenvalue weighted by molar-refractivity contribution is 5.20. The van der Waals surface area contributed by atoms with Crippen molar-refractivity contribution in [3.8, 4) is 0 Å². The first-order valence-electron chi connectivity index (χ1n) is 7.05. The van der Waals surface area contributed by atoms with Gasteiger partial charge in [-0.3, -0.25) is 0 Å². The highest BCUT2D eigenvalue weighted by atomic mass is 14.3. The Labute approximate surface area is 99.1 Å². The molecular weight excluding hydrogens is 192 g/mol. The average Bonchev–Trinajstić information content (AvgIpc) is 2.91. The molecule has 0 spiro atoms. The first-order valence-corrected chi connectivity index (χ1v) is 7.05. The van der Waals surface area contributed by atoms with Crippen molar-refractivity contribution in [3.63, 3.8) is 0 Å². The zero-order valence-corrected chi connectivity index (χ0v) is 10.1. The van der Waals surface area contributed by atoms with E-state index >= 15 is 0 Å².